The fourth-order valence-corrected chi connectivity index (χ4v) is 3.71. The smallest absolute Gasteiger partial charge is 0.125 e. The van der Waals surface area contributed by atoms with Crippen LogP contribution in [-0.2, 0) is 6.54 Å². The van der Waals surface area contributed by atoms with Crippen molar-refractivity contribution in [2.45, 2.75) is 12.0 Å². The second-order valence-electron chi connectivity index (χ2n) is 7.87. The monoisotopic (exact) mass is 408 g/mol. The molecule has 0 fully saturated rings. The molecule has 0 radical (unpaired) electrons. The number of thiol groups is 1. The van der Waals surface area contributed by atoms with Gasteiger partial charge in [-0.1, -0.05) is 42.5 Å². The summed E-state index contributed by atoms with van der Waals surface area (Å²) in [5.41, 5.74) is 3.50. The van der Waals surface area contributed by atoms with E-state index in [0.29, 0.717) is 0 Å². The van der Waals surface area contributed by atoms with Crippen LogP contribution in [0.3, 0.4) is 0 Å². The predicted octanol–water partition coefficient (Wildman–Crippen LogP) is 4.59. The van der Waals surface area contributed by atoms with Crippen LogP contribution >= 0.6 is 12.6 Å². The van der Waals surface area contributed by atoms with Gasteiger partial charge in [-0.15, -0.1) is 12.6 Å². The van der Waals surface area contributed by atoms with Crippen molar-refractivity contribution >= 4 is 34.8 Å². The zero-order chi connectivity index (χ0) is 20.8. The Bertz CT molecular complexity index is 903. The highest BCUT2D eigenvalue weighted by atomic mass is 32.1. The summed E-state index contributed by atoms with van der Waals surface area (Å²) in [6.45, 7) is 2.74. The average Bonchev–Trinajstić information content (AvgIpc) is 2.71. The Hall–Kier alpha value is -2.21. The van der Waals surface area contributed by atoms with Gasteiger partial charge in [0.2, 0.25) is 0 Å². The third-order valence-electron chi connectivity index (χ3n) is 5.11. The van der Waals surface area contributed by atoms with Crippen LogP contribution in [0, 0.1) is 0 Å². The lowest BCUT2D eigenvalue weighted by Crippen LogP contribution is -2.40. The summed E-state index contributed by atoms with van der Waals surface area (Å²) in [6, 6.07) is 23.6. The molecule has 5 heteroatoms. The number of hydrogen-bond acceptors (Lipinski definition) is 5. The highest BCUT2D eigenvalue weighted by Crippen LogP contribution is 2.23. The Labute approximate surface area is 180 Å². The van der Waals surface area contributed by atoms with Crippen LogP contribution in [0.5, 0.6) is 0 Å². The molecule has 0 amide bonds. The van der Waals surface area contributed by atoms with Crippen molar-refractivity contribution in [1.29, 1.82) is 0 Å². The van der Waals surface area contributed by atoms with Crippen molar-refractivity contribution in [1.82, 2.24) is 9.80 Å². The molecule has 4 nitrogen and oxygen atoms in total. The first kappa shape index (κ1) is 21.5. The van der Waals surface area contributed by atoms with E-state index in [4.69, 9.17) is 12.6 Å². The fraction of sp³-hybridized carbons (Fsp3) is 0.333. The lowest BCUT2D eigenvalue weighted by Gasteiger charge is -2.31. The van der Waals surface area contributed by atoms with Crippen LogP contribution in [0.1, 0.15) is 5.56 Å². The maximum Gasteiger partial charge on any atom is 0.125 e. The molecule has 0 aliphatic heterocycles. The van der Waals surface area contributed by atoms with E-state index in [1.165, 1.54) is 22.0 Å². The van der Waals surface area contributed by atoms with E-state index in [9.17, 15) is 0 Å². The number of rotatable bonds is 9. The van der Waals surface area contributed by atoms with Gasteiger partial charge < -0.3 is 15.1 Å². The Kier molecular flexibility index (Phi) is 7.42. The molecule has 3 aromatic rings. The van der Waals surface area contributed by atoms with E-state index < -0.39 is 0 Å². The standard InChI is InChI=1S/C24H32N4S/c1-26(2)16-17-28(18-20-10-7-9-19-8-5-6-11-23(19)20)24(29)25-21-12-14-22(15-13-21)27(3)4/h5-15,24-25,29H,16-18H2,1-4H3/t24-/m1/s1. The summed E-state index contributed by atoms with van der Waals surface area (Å²) in [5, 5.41) is 6.14. The number of likely N-dealkylation sites (N-methyl/N-ethyl adjacent to an activating group) is 1. The van der Waals surface area contributed by atoms with Crippen LogP contribution < -0.4 is 10.2 Å². The molecule has 0 heterocycles. The molecular formula is C24H32N4S. The fourth-order valence-electron chi connectivity index (χ4n) is 3.36. The molecule has 3 rings (SSSR count). The maximum atomic E-state index is 4.92. The van der Waals surface area contributed by atoms with Gasteiger partial charge in [0.25, 0.3) is 0 Å². The van der Waals surface area contributed by atoms with Crippen LogP contribution in [0.4, 0.5) is 11.4 Å². The molecule has 0 unspecified atom stereocenters. The third kappa shape index (κ3) is 5.89. The third-order valence-corrected chi connectivity index (χ3v) is 5.57. The second kappa shape index (κ2) is 10.0. The van der Waals surface area contributed by atoms with E-state index in [1.54, 1.807) is 0 Å². The first-order valence-electron chi connectivity index (χ1n) is 10.0. The minimum absolute atomic E-state index is 0.0841. The van der Waals surface area contributed by atoms with Crippen LogP contribution in [-0.4, -0.2) is 56.6 Å². The first-order chi connectivity index (χ1) is 13.9. The molecule has 0 spiro atoms. The quantitative estimate of drug-likeness (QED) is 0.399. The van der Waals surface area contributed by atoms with E-state index in [0.717, 1.165) is 25.3 Å². The zero-order valence-corrected chi connectivity index (χ0v) is 18.7. The van der Waals surface area contributed by atoms with Gasteiger partial charge in [0, 0.05) is 45.1 Å². The summed E-state index contributed by atoms with van der Waals surface area (Å²) in [4.78, 5) is 6.69. The molecule has 0 saturated heterocycles. The summed E-state index contributed by atoms with van der Waals surface area (Å²) in [5.74, 6) is 0. The Morgan fingerprint density at radius 3 is 2.21 bits per heavy atom. The summed E-state index contributed by atoms with van der Waals surface area (Å²) >= 11 is 4.92. The highest BCUT2D eigenvalue weighted by molar-refractivity contribution is 7.81. The molecule has 0 aromatic heterocycles. The normalized spacial score (nSPS) is 12.5. The van der Waals surface area contributed by atoms with Crippen molar-refractivity contribution in [2.24, 2.45) is 0 Å². The molecule has 29 heavy (non-hydrogen) atoms. The topological polar surface area (TPSA) is 21.8 Å². The summed E-state index contributed by atoms with van der Waals surface area (Å²) in [7, 11) is 8.32. The molecule has 0 saturated carbocycles. The Morgan fingerprint density at radius 2 is 1.52 bits per heavy atom. The van der Waals surface area contributed by atoms with Crippen molar-refractivity contribution < 1.29 is 0 Å². The molecule has 3 aromatic carbocycles. The van der Waals surface area contributed by atoms with Crippen molar-refractivity contribution in [3.63, 3.8) is 0 Å². The zero-order valence-electron chi connectivity index (χ0n) is 17.8. The van der Waals surface area contributed by atoms with Gasteiger partial charge in [0.05, 0.1) is 0 Å². The SMILES string of the molecule is CN(C)CCN(Cc1cccc2ccccc12)[C@H](S)Nc1ccc(N(C)C)cc1. The summed E-state index contributed by atoms with van der Waals surface area (Å²) in [6.07, 6.45) is 0. The Balaban J connectivity index is 1.78. The van der Waals surface area contributed by atoms with Gasteiger partial charge in [-0.05, 0) is 54.7 Å². The van der Waals surface area contributed by atoms with Gasteiger partial charge in [-0.2, -0.15) is 0 Å². The molecule has 0 bridgehead atoms. The first-order valence-corrected chi connectivity index (χ1v) is 10.5. The minimum Gasteiger partial charge on any atom is -0.378 e. The van der Waals surface area contributed by atoms with E-state index in [1.807, 2.05) is 0 Å². The molecule has 0 aliphatic rings. The molecular weight excluding hydrogens is 376 g/mol. The minimum atomic E-state index is -0.0841. The van der Waals surface area contributed by atoms with Gasteiger partial charge in [-0.25, -0.2) is 0 Å². The van der Waals surface area contributed by atoms with Gasteiger partial charge in [0.15, 0.2) is 0 Å². The lowest BCUT2D eigenvalue weighted by atomic mass is 10.0. The summed E-state index contributed by atoms with van der Waals surface area (Å²) < 4.78 is 0. The van der Waals surface area contributed by atoms with Crippen LogP contribution in [0.15, 0.2) is 66.7 Å². The number of nitrogens with one attached hydrogen (secondary N) is 1. The van der Waals surface area contributed by atoms with Crippen molar-refractivity contribution in [3.05, 3.63) is 72.3 Å². The van der Waals surface area contributed by atoms with Gasteiger partial charge >= 0.3 is 0 Å². The Morgan fingerprint density at radius 1 is 0.828 bits per heavy atom. The highest BCUT2D eigenvalue weighted by Gasteiger charge is 2.16. The number of anilines is 2. The number of nitrogens with zero attached hydrogens (tertiary/aromatic N) is 3. The van der Waals surface area contributed by atoms with Crippen LogP contribution in [0.2, 0.25) is 0 Å². The predicted molar refractivity (Wildman–Crippen MR) is 130 cm³/mol. The van der Waals surface area contributed by atoms with E-state index >= 15 is 0 Å². The molecule has 1 atom stereocenters. The maximum absolute atomic E-state index is 4.92. The van der Waals surface area contributed by atoms with Crippen LogP contribution in [0.25, 0.3) is 10.8 Å². The molecule has 1 N–H and O–H groups in total. The average molecular weight is 409 g/mol. The van der Waals surface area contributed by atoms with E-state index in [2.05, 4.69) is 115 Å². The lowest BCUT2D eigenvalue weighted by molar-refractivity contribution is 0.233. The second-order valence-corrected chi connectivity index (χ2v) is 8.36. The number of benzene rings is 3. The molecule has 0 aliphatic carbocycles. The van der Waals surface area contributed by atoms with E-state index in [-0.39, 0.29) is 5.50 Å². The number of fused-ring (bicyclic) bond motifs is 1. The molecule has 154 valence electrons. The van der Waals surface area contributed by atoms with Gasteiger partial charge in [0.1, 0.15) is 5.50 Å². The number of hydrogen-bond donors (Lipinski definition) is 2. The van der Waals surface area contributed by atoms with Crippen molar-refractivity contribution in [3.8, 4) is 0 Å². The largest absolute Gasteiger partial charge is 0.378 e. The van der Waals surface area contributed by atoms with Gasteiger partial charge in [-0.3, -0.25) is 4.90 Å². The van der Waals surface area contributed by atoms with Crippen molar-refractivity contribution in [2.75, 3.05) is 51.5 Å².